The van der Waals surface area contributed by atoms with Crippen LogP contribution in [-0.2, 0) is 14.3 Å². The van der Waals surface area contributed by atoms with E-state index in [-0.39, 0.29) is 18.9 Å². The van der Waals surface area contributed by atoms with Gasteiger partial charge >= 0.3 is 18.2 Å². The highest BCUT2D eigenvalue weighted by Crippen LogP contribution is 2.08. The Hall–Kier alpha value is -2.36. The lowest BCUT2D eigenvalue weighted by Crippen LogP contribution is -2.45. The number of carbonyl (C=O) groups excluding carboxylic acids is 2. The van der Waals surface area contributed by atoms with Gasteiger partial charge in [-0.25, -0.2) is 14.4 Å². The van der Waals surface area contributed by atoms with E-state index >= 15 is 0 Å². The van der Waals surface area contributed by atoms with Gasteiger partial charge in [0.15, 0.2) is 6.10 Å². The molecule has 0 aromatic heterocycles. The topological polar surface area (TPSA) is 147 Å². The Balaban J connectivity index is 4.95. The second-order valence-corrected chi connectivity index (χ2v) is 7.14. The van der Waals surface area contributed by atoms with Gasteiger partial charge in [-0.1, -0.05) is 0 Å². The van der Waals surface area contributed by atoms with Crippen LogP contribution in [0.15, 0.2) is 4.99 Å². The van der Waals surface area contributed by atoms with Crippen molar-refractivity contribution in [2.45, 2.75) is 65.3 Å². The van der Waals surface area contributed by atoms with Crippen molar-refractivity contribution in [3.63, 3.8) is 0 Å². The fraction of sp³-hybridized carbons (Fsp3) is 0.733. The van der Waals surface area contributed by atoms with Gasteiger partial charge in [-0.15, -0.1) is 4.99 Å². The lowest BCUT2D eigenvalue weighted by atomic mass is 10.2. The third-order valence-electron chi connectivity index (χ3n) is 2.21. The van der Waals surface area contributed by atoms with Crippen molar-refractivity contribution in [3.8, 4) is 0 Å². The molecule has 0 heterocycles. The molecule has 0 aliphatic rings. The molecule has 4 N–H and O–H groups in total. The zero-order chi connectivity index (χ0) is 19.8. The van der Waals surface area contributed by atoms with E-state index in [1.54, 1.807) is 41.5 Å². The van der Waals surface area contributed by atoms with Crippen molar-refractivity contribution >= 4 is 24.1 Å². The molecule has 0 unspecified atom stereocenters. The summed E-state index contributed by atoms with van der Waals surface area (Å²) in [5, 5.41) is 22.6. The maximum absolute atomic E-state index is 11.8. The summed E-state index contributed by atoms with van der Waals surface area (Å²) in [5.41, 5.74) is -1.54. The third-order valence-corrected chi connectivity index (χ3v) is 2.21. The fourth-order valence-electron chi connectivity index (χ4n) is 1.34. The van der Waals surface area contributed by atoms with Gasteiger partial charge in [-0.3, -0.25) is 5.32 Å². The van der Waals surface area contributed by atoms with E-state index in [1.165, 1.54) is 0 Å². The first-order valence-electron chi connectivity index (χ1n) is 7.66. The highest BCUT2D eigenvalue weighted by atomic mass is 16.6. The first-order valence-corrected chi connectivity index (χ1v) is 7.66. The lowest BCUT2D eigenvalue weighted by Gasteiger charge is -2.21. The van der Waals surface area contributed by atoms with Crippen molar-refractivity contribution < 1.29 is 34.1 Å². The van der Waals surface area contributed by atoms with E-state index in [2.05, 4.69) is 15.6 Å². The van der Waals surface area contributed by atoms with Gasteiger partial charge in [-0.05, 0) is 41.5 Å². The van der Waals surface area contributed by atoms with Crippen LogP contribution < -0.4 is 10.6 Å². The number of guanidine groups is 1. The number of aliphatic hydroxyl groups excluding tert-OH is 1. The molecule has 0 rings (SSSR count). The number of hydrogen-bond acceptors (Lipinski definition) is 6. The number of rotatable bonds is 4. The number of amides is 2. The van der Waals surface area contributed by atoms with Gasteiger partial charge in [0, 0.05) is 13.0 Å². The second kappa shape index (κ2) is 9.21. The summed E-state index contributed by atoms with van der Waals surface area (Å²) < 4.78 is 10.1. The van der Waals surface area contributed by atoms with Crippen LogP contribution in [0.1, 0.15) is 48.0 Å². The molecule has 0 spiro atoms. The Kier molecular flexibility index (Phi) is 8.34. The number of hydrogen-bond donors (Lipinski definition) is 4. The molecule has 0 aliphatic carbocycles. The number of alkyl carbamates (subject to hydrolysis) is 1. The van der Waals surface area contributed by atoms with Crippen molar-refractivity contribution in [2.75, 3.05) is 6.54 Å². The molecular formula is C15H27N3O7. The predicted octanol–water partition coefficient (Wildman–Crippen LogP) is 1.23. The van der Waals surface area contributed by atoms with Crippen molar-refractivity contribution in [1.29, 1.82) is 0 Å². The average molecular weight is 361 g/mol. The molecular weight excluding hydrogens is 334 g/mol. The quantitative estimate of drug-likeness (QED) is 0.432. The van der Waals surface area contributed by atoms with Gasteiger partial charge in [-0.2, -0.15) is 0 Å². The number of carboxylic acid groups (broad SMARTS) is 1. The minimum absolute atomic E-state index is 0.0646. The molecule has 10 heteroatoms. The fourth-order valence-corrected chi connectivity index (χ4v) is 1.34. The third kappa shape index (κ3) is 12.7. The summed E-state index contributed by atoms with van der Waals surface area (Å²) in [6.45, 7) is 9.87. The maximum Gasteiger partial charge on any atom is 0.437 e. The molecule has 0 radical (unpaired) electrons. The zero-order valence-electron chi connectivity index (χ0n) is 15.4. The Morgan fingerprint density at radius 2 is 1.56 bits per heavy atom. The number of aliphatic imine (C=N–C) groups is 1. The minimum atomic E-state index is -1.59. The number of nitrogens with one attached hydrogen (secondary N) is 2. The molecule has 2 amide bonds. The van der Waals surface area contributed by atoms with Crippen LogP contribution in [-0.4, -0.2) is 58.2 Å². The maximum atomic E-state index is 11.8. The molecule has 144 valence electrons. The summed E-state index contributed by atoms with van der Waals surface area (Å²) in [6, 6.07) is 0. The van der Waals surface area contributed by atoms with Crippen LogP contribution in [0, 0.1) is 0 Å². The van der Waals surface area contributed by atoms with E-state index in [1.807, 2.05) is 0 Å². The van der Waals surface area contributed by atoms with Gasteiger partial charge < -0.3 is 25.0 Å². The lowest BCUT2D eigenvalue weighted by molar-refractivity contribution is -0.146. The summed E-state index contributed by atoms with van der Waals surface area (Å²) in [6.07, 6.45) is -3.57. The second-order valence-electron chi connectivity index (χ2n) is 7.14. The van der Waals surface area contributed by atoms with Crippen LogP contribution in [0.5, 0.6) is 0 Å². The number of aliphatic hydroxyl groups is 1. The number of carboxylic acids is 1. The van der Waals surface area contributed by atoms with Crippen LogP contribution in [0.4, 0.5) is 9.59 Å². The summed E-state index contributed by atoms with van der Waals surface area (Å²) in [4.78, 5) is 37.7. The molecule has 1 atom stereocenters. The normalized spacial score (nSPS) is 13.6. The molecule has 0 aromatic rings. The standard InChI is InChI=1S/C15H27N3O7/c1-14(2,3)24-12(22)17-11(16-8-7-9(19)10(20)21)18-13(23)25-15(4,5)6/h9,19H,7-8H2,1-6H3,(H,20,21)(H2,16,17,18,22,23)/t9-/m0/s1. The minimum Gasteiger partial charge on any atom is -0.479 e. The highest BCUT2D eigenvalue weighted by molar-refractivity contribution is 5.98. The Bertz CT molecular complexity index is 518. The van der Waals surface area contributed by atoms with Gasteiger partial charge in [0.2, 0.25) is 5.96 Å². The predicted molar refractivity (Wildman–Crippen MR) is 89.3 cm³/mol. The molecule has 0 bridgehead atoms. The number of ether oxygens (including phenoxy) is 2. The average Bonchev–Trinajstić information content (AvgIpc) is 2.32. The smallest absolute Gasteiger partial charge is 0.437 e. The van der Waals surface area contributed by atoms with E-state index < -0.39 is 35.5 Å². The van der Waals surface area contributed by atoms with Gasteiger partial charge in [0.05, 0.1) is 0 Å². The van der Waals surface area contributed by atoms with Gasteiger partial charge in [0.25, 0.3) is 0 Å². The summed E-state index contributed by atoms with van der Waals surface area (Å²) in [5.74, 6) is -1.66. The Morgan fingerprint density at radius 3 is 2.00 bits per heavy atom. The van der Waals surface area contributed by atoms with Crippen molar-refractivity contribution in [3.05, 3.63) is 0 Å². The summed E-state index contributed by atoms with van der Waals surface area (Å²) >= 11 is 0. The molecule has 10 nitrogen and oxygen atoms in total. The van der Waals surface area contributed by atoms with E-state index in [0.29, 0.717) is 0 Å². The Morgan fingerprint density at radius 1 is 1.04 bits per heavy atom. The molecule has 0 fully saturated rings. The van der Waals surface area contributed by atoms with Gasteiger partial charge in [0.1, 0.15) is 11.2 Å². The highest BCUT2D eigenvalue weighted by Gasteiger charge is 2.20. The van der Waals surface area contributed by atoms with E-state index in [4.69, 9.17) is 14.6 Å². The van der Waals surface area contributed by atoms with Crippen molar-refractivity contribution in [1.82, 2.24) is 10.6 Å². The molecule has 0 saturated carbocycles. The van der Waals surface area contributed by atoms with Crippen LogP contribution in [0.2, 0.25) is 0 Å². The van der Waals surface area contributed by atoms with E-state index in [9.17, 15) is 19.5 Å². The molecule has 25 heavy (non-hydrogen) atoms. The monoisotopic (exact) mass is 361 g/mol. The number of aliphatic carboxylic acids is 1. The van der Waals surface area contributed by atoms with Crippen LogP contribution in [0.25, 0.3) is 0 Å². The molecule has 0 aromatic carbocycles. The van der Waals surface area contributed by atoms with Crippen LogP contribution in [0.3, 0.4) is 0 Å². The van der Waals surface area contributed by atoms with Crippen LogP contribution >= 0.6 is 0 Å². The Labute approximate surface area is 146 Å². The molecule has 0 saturated heterocycles. The SMILES string of the molecule is CC(C)(C)OC(=O)/N=C(\NCC[C@H](O)C(=O)O)NC(=O)OC(C)(C)C. The molecule has 0 aliphatic heterocycles. The summed E-state index contributed by atoms with van der Waals surface area (Å²) in [7, 11) is 0. The first kappa shape index (κ1) is 22.6. The van der Waals surface area contributed by atoms with Crippen molar-refractivity contribution in [2.24, 2.45) is 4.99 Å². The number of carbonyl (C=O) groups is 3. The zero-order valence-corrected chi connectivity index (χ0v) is 15.4. The largest absolute Gasteiger partial charge is 0.479 e. The van der Waals surface area contributed by atoms with E-state index in [0.717, 1.165) is 0 Å². The number of nitrogens with zero attached hydrogens (tertiary/aromatic N) is 1. The first-order chi connectivity index (χ1) is 11.2.